The number of nitrogens with zero attached hydrogens (tertiary/aromatic N) is 2. The predicted molar refractivity (Wildman–Crippen MR) is 96.4 cm³/mol. The van der Waals surface area contributed by atoms with Gasteiger partial charge in [-0.05, 0) is 38.3 Å². The first-order chi connectivity index (χ1) is 11.7. The van der Waals surface area contributed by atoms with Gasteiger partial charge in [0.1, 0.15) is 0 Å². The van der Waals surface area contributed by atoms with Crippen LogP contribution in [0.2, 0.25) is 0 Å². The zero-order chi connectivity index (χ0) is 16.9. The van der Waals surface area contributed by atoms with Crippen LogP contribution >= 0.6 is 0 Å². The summed E-state index contributed by atoms with van der Waals surface area (Å²) in [5.41, 5.74) is 3.28. The molecule has 1 N–H and O–H groups in total. The predicted octanol–water partition coefficient (Wildman–Crippen LogP) is 3.11. The molecular weight excluding hydrogens is 302 g/mol. The highest BCUT2D eigenvalue weighted by atomic mass is 16.5. The Kier molecular flexibility index (Phi) is 5.30. The molecule has 1 aliphatic rings. The average molecular weight is 327 g/mol. The molecule has 1 saturated heterocycles. The van der Waals surface area contributed by atoms with Crippen LogP contribution in [0.25, 0.3) is 5.69 Å². The number of para-hydroxylation sites is 1. The van der Waals surface area contributed by atoms with Crippen LogP contribution in [0.15, 0.2) is 40.1 Å². The molecule has 1 fully saturated rings. The van der Waals surface area contributed by atoms with E-state index < -0.39 is 0 Å². The molecule has 0 saturated carbocycles. The highest BCUT2D eigenvalue weighted by molar-refractivity contribution is 5.99. The molecular formula is C19H25N3O2. The summed E-state index contributed by atoms with van der Waals surface area (Å²) in [4.78, 5) is 17.6. The minimum absolute atomic E-state index is 0.0294. The number of aromatic amines is 1. The van der Waals surface area contributed by atoms with Gasteiger partial charge in [-0.1, -0.05) is 31.5 Å². The van der Waals surface area contributed by atoms with Gasteiger partial charge in [-0.3, -0.25) is 14.9 Å². The van der Waals surface area contributed by atoms with Crippen LogP contribution in [0, 0.1) is 0 Å². The monoisotopic (exact) mass is 327 g/mol. The van der Waals surface area contributed by atoms with E-state index in [2.05, 4.69) is 17.0 Å². The van der Waals surface area contributed by atoms with E-state index >= 15 is 0 Å². The van der Waals surface area contributed by atoms with Crippen molar-refractivity contribution in [2.45, 2.75) is 45.6 Å². The summed E-state index contributed by atoms with van der Waals surface area (Å²) in [6, 6.07) is 9.66. The van der Waals surface area contributed by atoms with E-state index in [-0.39, 0.29) is 11.7 Å². The largest absolute Gasteiger partial charge is 0.376 e. The van der Waals surface area contributed by atoms with Crippen LogP contribution < -0.4 is 5.56 Å². The summed E-state index contributed by atoms with van der Waals surface area (Å²) in [7, 11) is 0. The summed E-state index contributed by atoms with van der Waals surface area (Å²) in [6.45, 7) is 5.49. The fraction of sp³-hybridized carbons (Fsp3) is 0.474. The van der Waals surface area contributed by atoms with Gasteiger partial charge in [-0.2, -0.15) is 0 Å². The number of hydrogen-bond acceptors (Lipinski definition) is 3. The molecule has 1 aromatic carbocycles. The van der Waals surface area contributed by atoms with Crippen LogP contribution in [0.4, 0.5) is 0 Å². The number of hydrogen-bond donors (Lipinski definition) is 1. The molecule has 128 valence electrons. The van der Waals surface area contributed by atoms with Crippen LogP contribution in [0.1, 0.15) is 44.4 Å². The van der Waals surface area contributed by atoms with Crippen molar-refractivity contribution in [3.05, 3.63) is 51.9 Å². The van der Waals surface area contributed by atoms with Crippen molar-refractivity contribution in [2.24, 2.45) is 4.99 Å². The number of aromatic nitrogens is 2. The molecule has 0 aliphatic carbocycles. The van der Waals surface area contributed by atoms with Crippen LogP contribution in [0.3, 0.4) is 0 Å². The molecule has 1 atom stereocenters. The van der Waals surface area contributed by atoms with Gasteiger partial charge < -0.3 is 4.74 Å². The SMILES string of the molecule is CCCc1[nH]n(-c2ccccc2)c(=O)c1C(C)=NC[C@H]1CCCO1. The number of aliphatic imine (C=N–C) groups is 1. The van der Waals surface area contributed by atoms with E-state index in [9.17, 15) is 4.79 Å². The molecule has 1 aromatic heterocycles. The molecule has 5 nitrogen and oxygen atoms in total. The van der Waals surface area contributed by atoms with Gasteiger partial charge in [0.2, 0.25) is 0 Å². The van der Waals surface area contributed by atoms with Gasteiger partial charge in [0.25, 0.3) is 5.56 Å². The van der Waals surface area contributed by atoms with Crippen LogP contribution in [0.5, 0.6) is 0 Å². The first kappa shape index (κ1) is 16.7. The van der Waals surface area contributed by atoms with E-state index in [0.29, 0.717) is 12.1 Å². The van der Waals surface area contributed by atoms with Crippen molar-refractivity contribution in [1.82, 2.24) is 9.78 Å². The summed E-state index contributed by atoms with van der Waals surface area (Å²) < 4.78 is 7.24. The Hall–Kier alpha value is -2.14. The number of benzene rings is 1. The molecule has 0 amide bonds. The van der Waals surface area contributed by atoms with Crippen molar-refractivity contribution in [3.63, 3.8) is 0 Å². The van der Waals surface area contributed by atoms with E-state index in [4.69, 9.17) is 4.74 Å². The summed E-state index contributed by atoms with van der Waals surface area (Å²) in [5.74, 6) is 0. The summed E-state index contributed by atoms with van der Waals surface area (Å²) in [5, 5.41) is 3.27. The lowest BCUT2D eigenvalue weighted by Gasteiger charge is -2.06. The first-order valence-electron chi connectivity index (χ1n) is 8.73. The number of ether oxygens (including phenoxy) is 1. The van der Waals surface area contributed by atoms with Crippen LogP contribution in [-0.4, -0.2) is 34.7 Å². The lowest BCUT2D eigenvalue weighted by molar-refractivity contribution is 0.118. The van der Waals surface area contributed by atoms with Gasteiger partial charge in [0, 0.05) is 18.0 Å². The topological polar surface area (TPSA) is 59.4 Å². The quantitative estimate of drug-likeness (QED) is 0.829. The third-order valence-electron chi connectivity index (χ3n) is 4.40. The fourth-order valence-corrected chi connectivity index (χ4v) is 3.15. The molecule has 0 unspecified atom stereocenters. The molecule has 0 spiro atoms. The molecule has 0 bridgehead atoms. The van der Waals surface area contributed by atoms with Gasteiger partial charge in [0.05, 0.1) is 23.9 Å². The normalized spacial score (nSPS) is 18.2. The Labute approximate surface area is 142 Å². The zero-order valence-corrected chi connectivity index (χ0v) is 14.4. The van der Waals surface area contributed by atoms with Crippen molar-refractivity contribution >= 4 is 5.71 Å². The highest BCUT2D eigenvalue weighted by Crippen LogP contribution is 2.14. The third-order valence-corrected chi connectivity index (χ3v) is 4.40. The summed E-state index contributed by atoms with van der Waals surface area (Å²) in [6.07, 6.45) is 4.16. The van der Waals surface area contributed by atoms with E-state index in [1.54, 1.807) is 4.68 Å². The lowest BCUT2D eigenvalue weighted by atomic mass is 10.1. The summed E-state index contributed by atoms with van der Waals surface area (Å²) >= 11 is 0. The van der Waals surface area contributed by atoms with Gasteiger partial charge in [-0.15, -0.1) is 0 Å². The molecule has 2 aromatic rings. The number of H-pyrrole nitrogens is 1. The second-order valence-corrected chi connectivity index (χ2v) is 6.25. The Morgan fingerprint density at radius 2 is 2.17 bits per heavy atom. The molecule has 0 radical (unpaired) electrons. The van der Waals surface area contributed by atoms with Crippen molar-refractivity contribution in [1.29, 1.82) is 0 Å². The van der Waals surface area contributed by atoms with Crippen molar-refractivity contribution in [2.75, 3.05) is 13.2 Å². The Morgan fingerprint density at radius 3 is 2.83 bits per heavy atom. The highest BCUT2D eigenvalue weighted by Gasteiger charge is 2.19. The minimum Gasteiger partial charge on any atom is -0.376 e. The maximum Gasteiger partial charge on any atom is 0.280 e. The molecule has 24 heavy (non-hydrogen) atoms. The van der Waals surface area contributed by atoms with Crippen molar-refractivity contribution in [3.8, 4) is 5.69 Å². The number of aryl methyl sites for hydroxylation is 1. The third kappa shape index (κ3) is 3.51. The molecule has 2 heterocycles. The molecule has 1 aliphatic heterocycles. The second kappa shape index (κ2) is 7.62. The first-order valence-corrected chi connectivity index (χ1v) is 8.73. The zero-order valence-electron chi connectivity index (χ0n) is 14.4. The van der Waals surface area contributed by atoms with Crippen LogP contribution in [-0.2, 0) is 11.2 Å². The van der Waals surface area contributed by atoms with E-state index in [1.165, 1.54) is 0 Å². The fourth-order valence-electron chi connectivity index (χ4n) is 3.15. The second-order valence-electron chi connectivity index (χ2n) is 6.25. The van der Waals surface area contributed by atoms with Gasteiger partial charge in [0.15, 0.2) is 0 Å². The Morgan fingerprint density at radius 1 is 1.38 bits per heavy atom. The molecule has 5 heteroatoms. The van der Waals surface area contributed by atoms with Gasteiger partial charge in [-0.25, -0.2) is 4.68 Å². The maximum atomic E-state index is 12.9. The Balaban J connectivity index is 1.94. The number of nitrogens with one attached hydrogen (secondary N) is 1. The smallest absolute Gasteiger partial charge is 0.280 e. The minimum atomic E-state index is -0.0294. The number of rotatable bonds is 6. The average Bonchev–Trinajstić information content (AvgIpc) is 3.22. The lowest BCUT2D eigenvalue weighted by Crippen LogP contribution is -2.20. The van der Waals surface area contributed by atoms with E-state index in [0.717, 1.165) is 49.4 Å². The maximum absolute atomic E-state index is 12.9. The standard InChI is InChI=1S/C19H25N3O2/c1-3-8-17-18(14(2)20-13-16-11-7-12-24-16)19(23)22(21-17)15-9-5-4-6-10-15/h4-6,9-10,16,21H,3,7-8,11-13H2,1-2H3/t16-/m1/s1. The van der Waals surface area contributed by atoms with Gasteiger partial charge >= 0.3 is 0 Å². The van der Waals surface area contributed by atoms with E-state index in [1.807, 2.05) is 37.3 Å². The Bertz CT molecular complexity index is 753. The molecule has 3 rings (SSSR count). The van der Waals surface area contributed by atoms with Crippen molar-refractivity contribution < 1.29 is 4.74 Å².